The van der Waals surface area contributed by atoms with E-state index in [0.29, 0.717) is 10.7 Å². The molecule has 0 spiro atoms. The van der Waals surface area contributed by atoms with Crippen LogP contribution in [0.3, 0.4) is 0 Å². The van der Waals surface area contributed by atoms with E-state index in [0.717, 1.165) is 17.2 Å². The highest BCUT2D eigenvalue weighted by Gasteiger charge is 2.22. The van der Waals surface area contributed by atoms with Gasteiger partial charge in [-0.3, -0.25) is 4.79 Å². The summed E-state index contributed by atoms with van der Waals surface area (Å²) in [5.41, 5.74) is 2.06. The summed E-state index contributed by atoms with van der Waals surface area (Å²) >= 11 is 18.1. The standard InChI is InChI=1S/C24H17Cl3N2O4S/c1-14-4-3-5-22(15(14)2)29-24(30)17(13-28)10-16-11-19(26)12-21(27)23(16)33-34(31,32)20-8-6-18(25)7-9-20/h3-12H,1-2H3,(H,29,30)/b17-10+. The summed E-state index contributed by atoms with van der Waals surface area (Å²) in [5, 5.41) is 12.7. The number of halogens is 3. The Morgan fingerprint density at radius 2 is 1.71 bits per heavy atom. The highest BCUT2D eigenvalue weighted by Crippen LogP contribution is 2.36. The summed E-state index contributed by atoms with van der Waals surface area (Å²) in [7, 11) is -4.31. The van der Waals surface area contributed by atoms with Crippen molar-refractivity contribution in [2.75, 3.05) is 5.32 Å². The molecule has 0 aliphatic rings. The van der Waals surface area contributed by atoms with E-state index in [-0.39, 0.29) is 31.8 Å². The van der Waals surface area contributed by atoms with Crippen molar-refractivity contribution in [3.05, 3.63) is 91.9 Å². The molecule has 1 N–H and O–H groups in total. The lowest BCUT2D eigenvalue weighted by Gasteiger charge is -2.13. The maximum atomic E-state index is 12.8. The highest BCUT2D eigenvalue weighted by molar-refractivity contribution is 7.87. The number of anilines is 1. The number of rotatable bonds is 6. The Labute approximate surface area is 212 Å². The van der Waals surface area contributed by atoms with Gasteiger partial charge in [0.05, 0.1) is 5.02 Å². The van der Waals surface area contributed by atoms with E-state index in [1.165, 1.54) is 36.4 Å². The summed E-state index contributed by atoms with van der Waals surface area (Å²) in [6.07, 6.45) is 1.16. The first kappa shape index (κ1) is 25.6. The number of nitrogens with one attached hydrogen (secondary N) is 1. The van der Waals surface area contributed by atoms with Crippen LogP contribution in [0.5, 0.6) is 5.75 Å². The molecule has 0 heterocycles. The SMILES string of the molecule is Cc1cccc(NC(=O)/C(C#N)=C/c2cc(Cl)cc(Cl)c2OS(=O)(=O)c2ccc(Cl)cc2)c1C. The predicted octanol–water partition coefficient (Wildman–Crippen LogP) is 6.58. The average molecular weight is 536 g/mol. The van der Waals surface area contributed by atoms with Gasteiger partial charge in [-0.15, -0.1) is 0 Å². The van der Waals surface area contributed by atoms with Gasteiger partial charge in [0.2, 0.25) is 0 Å². The number of nitriles is 1. The normalized spacial score (nSPS) is 11.6. The molecule has 0 fully saturated rings. The van der Waals surface area contributed by atoms with Crippen molar-refractivity contribution >= 4 is 62.6 Å². The van der Waals surface area contributed by atoms with Crippen molar-refractivity contribution in [1.29, 1.82) is 5.26 Å². The Bertz CT molecular complexity index is 1440. The molecule has 0 saturated carbocycles. The first-order valence-corrected chi connectivity index (χ1v) is 12.2. The van der Waals surface area contributed by atoms with Crippen LogP contribution < -0.4 is 9.50 Å². The van der Waals surface area contributed by atoms with Gasteiger partial charge in [0.1, 0.15) is 16.5 Å². The third-order valence-electron chi connectivity index (χ3n) is 4.85. The van der Waals surface area contributed by atoms with Crippen LogP contribution in [0, 0.1) is 25.2 Å². The molecule has 0 aromatic heterocycles. The number of carbonyl (C=O) groups excluding carboxylic acids is 1. The van der Waals surface area contributed by atoms with Crippen LogP contribution in [0.1, 0.15) is 16.7 Å². The summed E-state index contributed by atoms with van der Waals surface area (Å²) < 4.78 is 30.8. The van der Waals surface area contributed by atoms with Crippen molar-refractivity contribution in [3.8, 4) is 11.8 Å². The number of aryl methyl sites for hydroxylation is 1. The van der Waals surface area contributed by atoms with E-state index >= 15 is 0 Å². The second-order valence-electron chi connectivity index (χ2n) is 7.17. The van der Waals surface area contributed by atoms with Gasteiger partial charge in [0.25, 0.3) is 5.91 Å². The van der Waals surface area contributed by atoms with E-state index in [1.807, 2.05) is 26.0 Å². The van der Waals surface area contributed by atoms with Crippen molar-refractivity contribution in [1.82, 2.24) is 0 Å². The maximum Gasteiger partial charge on any atom is 0.339 e. The quantitative estimate of drug-likeness (QED) is 0.218. The van der Waals surface area contributed by atoms with Gasteiger partial charge in [-0.1, -0.05) is 46.9 Å². The third kappa shape index (κ3) is 5.91. The van der Waals surface area contributed by atoms with Gasteiger partial charge in [-0.05, 0) is 73.5 Å². The zero-order valence-electron chi connectivity index (χ0n) is 17.9. The minimum Gasteiger partial charge on any atom is -0.377 e. The van der Waals surface area contributed by atoms with Crippen LogP contribution in [0.25, 0.3) is 6.08 Å². The number of amides is 1. The lowest BCUT2D eigenvalue weighted by atomic mass is 10.1. The zero-order valence-corrected chi connectivity index (χ0v) is 21.0. The maximum absolute atomic E-state index is 12.8. The van der Waals surface area contributed by atoms with Crippen LogP contribution in [0.15, 0.2) is 65.1 Å². The predicted molar refractivity (Wildman–Crippen MR) is 134 cm³/mol. The van der Waals surface area contributed by atoms with Gasteiger partial charge in [-0.25, -0.2) is 0 Å². The van der Waals surface area contributed by atoms with Gasteiger partial charge < -0.3 is 9.50 Å². The van der Waals surface area contributed by atoms with Crippen molar-refractivity contribution in [2.45, 2.75) is 18.7 Å². The smallest absolute Gasteiger partial charge is 0.339 e. The summed E-state index contributed by atoms with van der Waals surface area (Å²) in [4.78, 5) is 12.6. The molecule has 1 amide bonds. The molecule has 3 aromatic carbocycles. The number of carbonyl (C=O) groups is 1. The Morgan fingerprint density at radius 1 is 1.03 bits per heavy atom. The molecule has 6 nitrogen and oxygen atoms in total. The molecule has 10 heteroatoms. The second-order valence-corrected chi connectivity index (χ2v) is 10.00. The minimum atomic E-state index is -4.31. The zero-order chi connectivity index (χ0) is 25.0. The molecule has 0 aliphatic heterocycles. The van der Waals surface area contributed by atoms with Crippen molar-refractivity contribution in [2.24, 2.45) is 0 Å². The van der Waals surface area contributed by atoms with Crippen molar-refractivity contribution < 1.29 is 17.4 Å². The summed E-state index contributed by atoms with van der Waals surface area (Å²) in [6.45, 7) is 3.73. The molecule has 0 radical (unpaired) electrons. The first-order chi connectivity index (χ1) is 16.0. The van der Waals surface area contributed by atoms with Crippen LogP contribution in [0.2, 0.25) is 15.1 Å². The topological polar surface area (TPSA) is 96.3 Å². The second kappa shape index (κ2) is 10.5. The van der Waals surface area contributed by atoms with E-state index < -0.39 is 16.0 Å². The van der Waals surface area contributed by atoms with Crippen LogP contribution in [-0.4, -0.2) is 14.3 Å². The molecule has 34 heavy (non-hydrogen) atoms. The Balaban J connectivity index is 2.01. The number of nitrogens with zero attached hydrogens (tertiary/aromatic N) is 1. The lowest BCUT2D eigenvalue weighted by Crippen LogP contribution is -2.15. The number of hydrogen-bond donors (Lipinski definition) is 1. The van der Waals surface area contributed by atoms with Gasteiger partial charge >= 0.3 is 10.1 Å². The first-order valence-electron chi connectivity index (χ1n) is 9.70. The van der Waals surface area contributed by atoms with E-state index in [1.54, 1.807) is 12.1 Å². The Hall–Kier alpha value is -3.02. The molecule has 3 rings (SSSR count). The molecule has 0 bridgehead atoms. The van der Waals surface area contributed by atoms with E-state index in [4.69, 9.17) is 39.0 Å². The molecule has 3 aromatic rings. The summed E-state index contributed by atoms with van der Waals surface area (Å²) in [5.74, 6) is -0.980. The fourth-order valence-electron chi connectivity index (χ4n) is 2.91. The monoisotopic (exact) mass is 534 g/mol. The molecule has 0 aliphatic carbocycles. The fraction of sp³-hybridized carbons (Fsp3) is 0.0833. The fourth-order valence-corrected chi connectivity index (χ4v) is 4.61. The van der Waals surface area contributed by atoms with Crippen molar-refractivity contribution in [3.63, 3.8) is 0 Å². The molecule has 174 valence electrons. The van der Waals surface area contributed by atoms with Crippen LogP contribution in [-0.2, 0) is 14.9 Å². The minimum absolute atomic E-state index is 0.0303. The highest BCUT2D eigenvalue weighted by atomic mass is 35.5. The molecular formula is C24H17Cl3N2O4S. The van der Waals surface area contributed by atoms with E-state index in [2.05, 4.69) is 5.32 Å². The summed E-state index contributed by atoms with van der Waals surface area (Å²) in [6, 6.07) is 15.2. The third-order valence-corrected chi connectivity index (χ3v) is 6.84. The van der Waals surface area contributed by atoms with Crippen LogP contribution >= 0.6 is 34.8 Å². The largest absolute Gasteiger partial charge is 0.377 e. The van der Waals surface area contributed by atoms with Crippen LogP contribution in [0.4, 0.5) is 5.69 Å². The van der Waals surface area contributed by atoms with Gasteiger partial charge in [0.15, 0.2) is 5.75 Å². The lowest BCUT2D eigenvalue weighted by molar-refractivity contribution is -0.112. The molecule has 0 unspecified atom stereocenters. The molecule has 0 atom stereocenters. The Kier molecular flexibility index (Phi) is 7.90. The molecule has 0 saturated heterocycles. The van der Waals surface area contributed by atoms with Gasteiger partial charge in [0, 0.05) is 21.3 Å². The molecular weight excluding hydrogens is 519 g/mol. The van der Waals surface area contributed by atoms with Gasteiger partial charge in [-0.2, -0.15) is 13.7 Å². The number of hydrogen-bond acceptors (Lipinski definition) is 5. The number of benzene rings is 3. The Morgan fingerprint density at radius 3 is 2.35 bits per heavy atom. The average Bonchev–Trinajstić information content (AvgIpc) is 2.77. The van der Waals surface area contributed by atoms with E-state index in [9.17, 15) is 18.5 Å².